The SMILES string of the molecule is CC(NC(=O)C(NC(=O)c1ccc(OCc2nccn2C)cc1)C(C)(C)C)C(=O)NC(C(=O)C(=O)NC1CCCCC1)C(C)C. The second-order valence-corrected chi connectivity index (χ2v) is 13.2. The highest BCUT2D eigenvalue weighted by Crippen LogP contribution is 2.21. The van der Waals surface area contributed by atoms with Gasteiger partial charge in [-0.05, 0) is 55.4 Å². The molecule has 1 fully saturated rings. The van der Waals surface area contributed by atoms with Gasteiger partial charge in [-0.15, -0.1) is 0 Å². The van der Waals surface area contributed by atoms with Gasteiger partial charge >= 0.3 is 0 Å². The minimum atomic E-state index is -1.05. The summed E-state index contributed by atoms with van der Waals surface area (Å²) in [4.78, 5) is 69.5. The number of rotatable bonds is 13. The number of Topliss-reactive ketones (excluding diaryl/α,β-unsaturated/α-hetero) is 1. The molecule has 1 aliphatic rings. The summed E-state index contributed by atoms with van der Waals surface area (Å²) in [6, 6.07) is 3.43. The van der Waals surface area contributed by atoms with Crippen LogP contribution in [0.4, 0.5) is 0 Å². The van der Waals surface area contributed by atoms with Crippen molar-refractivity contribution in [2.24, 2.45) is 18.4 Å². The van der Waals surface area contributed by atoms with E-state index >= 15 is 0 Å². The third-order valence-electron chi connectivity index (χ3n) is 7.97. The van der Waals surface area contributed by atoms with E-state index in [0.29, 0.717) is 11.3 Å². The van der Waals surface area contributed by atoms with E-state index in [-0.39, 0.29) is 18.6 Å². The van der Waals surface area contributed by atoms with Crippen molar-refractivity contribution < 1.29 is 28.7 Å². The lowest BCUT2D eigenvalue weighted by Crippen LogP contribution is -2.59. The molecule has 0 saturated heterocycles. The monoisotopic (exact) mass is 624 g/mol. The zero-order valence-electron chi connectivity index (χ0n) is 27.4. The number of hydrogen-bond donors (Lipinski definition) is 4. The van der Waals surface area contributed by atoms with Crippen LogP contribution >= 0.6 is 0 Å². The molecule has 4 N–H and O–H groups in total. The van der Waals surface area contributed by atoms with E-state index in [1.807, 2.05) is 17.8 Å². The van der Waals surface area contributed by atoms with Gasteiger partial charge in [0.25, 0.3) is 11.8 Å². The van der Waals surface area contributed by atoms with Crippen molar-refractivity contribution in [3.63, 3.8) is 0 Å². The Morgan fingerprint density at radius 1 is 0.933 bits per heavy atom. The normalized spacial score (nSPS) is 15.8. The molecule has 1 saturated carbocycles. The molecule has 0 radical (unpaired) electrons. The van der Waals surface area contributed by atoms with Gasteiger partial charge in [0.05, 0.1) is 6.04 Å². The second kappa shape index (κ2) is 15.7. The summed E-state index contributed by atoms with van der Waals surface area (Å²) < 4.78 is 7.60. The van der Waals surface area contributed by atoms with Gasteiger partial charge in [0.15, 0.2) is 0 Å². The Kier molecular flexibility index (Phi) is 12.3. The van der Waals surface area contributed by atoms with Crippen LogP contribution in [0.1, 0.15) is 89.8 Å². The summed E-state index contributed by atoms with van der Waals surface area (Å²) in [7, 11) is 1.87. The maximum absolute atomic E-state index is 13.4. The molecule has 3 rings (SSSR count). The van der Waals surface area contributed by atoms with Crippen molar-refractivity contribution in [2.75, 3.05) is 0 Å². The van der Waals surface area contributed by atoms with Gasteiger partial charge in [-0.25, -0.2) is 4.98 Å². The standard InChI is InChI=1S/C33H48N6O6/c1-20(2)26(27(40)31(43)36-23-11-9-8-10-12-23)37-29(41)21(3)35-32(44)28(33(4,5)6)38-30(42)22-13-15-24(16-14-22)45-19-25-34-17-18-39(25)7/h13-18,20-21,23,26,28H,8-12,19H2,1-7H3,(H,35,44)(H,36,43)(H,37,41)(H,38,42). The number of aryl methyl sites for hydroxylation is 1. The summed E-state index contributed by atoms with van der Waals surface area (Å²) in [5, 5.41) is 10.9. The fourth-order valence-electron chi connectivity index (χ4n) is 5.10. The van der Waals surface area contributed by atoms with Crippen LogP contribution in [0.25, 0.3) is 0 Å². The van der Waals surface area contributed by atoms with E-state index in [0.717, 1.165) is 37.9 Å². The fraction of sp³-hybridized carbons (Fsp3) is 0.576. The van der Waals surface area contributed by atoms with E-state index in [9.17, 15) is 24.0 Å². The maximum atomic E-state index is 13.4. The topological polar surface area (TPSA) is 161 Å². The molecule has 0 bridgehead atoms. The van der Waals surface area contributed by atoms with Crippen molar-refractivity contribution in [3.05, 3.63) is 48.0 Å². The van der Waals surface area contributed by atoms with Crippen LogP contribution in [-0.2, 0) is 32.8 Å². The lowest BCUT2D eigenvalue weighted by molar-refractivity contribution is -0.141. The highest BCUT2D eigenvalue weighted by Gasteiger charge is 2.36. The first-order chi connectivity index (χ1) is 21.2. The highest BCUT2D eigenvalue weighted by atomic mass is 16.5. The number of hydrogen-bond acceptors (Lipinski definition) is 7. The zero-order chi connectivity index (χ0) is 33.3. The molecule has 246 valence electrons. The van der Waals surface area contributed by atoms with Gasteiger partial charge in [0, 0.05) is 31.0 Å². The molecule has 1 aromatic heterocycles. The largest absolute Gasteiger partial charge is 0.486 e. The van der Waals surface area contributed by atoms with Crippen LogP contribution in [0.15, 0.2) is 36.7 Å². The molecule has 0 spiro atoms. The van der Waals surface area contributed by atoms with Crippen molar-refractivity contribution >= 4 is 29.4 Å². The average molecular weight is 625 g/mol. The maximum Gasteiger partial charge on any atom is 0.289 e. The van der Waals surface area contributed by atoms with Crippen LogP contribution in [0.3, 0.4) is 0 Å². The second-order valence-electron chi connectivity index (χ2n) is 13.2. The van der Waals surface area contributed by atoms with Crippen molar-refractivity contribution in [3.8, 4) is 5.75 Å². The van der Waals surface area contributed by atoms with Gasteiger partial charge in [-0.1, -0.05) is 53.9 Å². The Morgan fingerprint density at radius 2 is 1.58 bits per heavy atom. The van der Waals surface area contributed by atoms with Crippen LogP contribution in [-0.4, -0.2) is 63.1 Å². The smallest absolute Gasteiger partial charge is 0.289 e. The Labute approximate surface area is 265 Å². The number of nitrogens with one attached hydrogen (secondary N) is 4. The van der Waals surface area contributed by atoms with E-state index in [4.69, 9.17) is 4.74 Å². The van der Waals surface area contributed by atoms with Crippen LogP contribution in [0.5, 0.6) is 5.75 Å². The molecule has 12 heteroatoms. The van der Waals surface area contributed by atoms with E-state index < -0.39 is 53.0 Å². The van der Waals surface area contributed by atoms with Crippen LogP contribution in [0, 0.1) is 11.3 Å². The molecule has 0 aliphatic heterocycles. The Hall–Kier alpha value is -4.22. The number of carbonyl (C=O) groups excluding carboxylic acids is 5. The number of imidazole rings is 1. The first-order valence-corrected chi connectivity index (χ1v) is 15.6. The van der Waals surface area contributed by atoms with Crippen LogP contribution < -0.4 is 26.0 Å². The van der Waals surface area contributed by atoms with Gasteiger partial charge in [0.2, 0.25) is 17.6 Å². The van der Waals surface area contributed by atoms with Gasteiger partial charge in [-0.3, -0.25) is 24.0 Å². The fourth-order valence-corrected chi connectivity index (χ4v) is 5.10. The number of carbonyl (C=O) groups is 5. The lowest BCUT2D eigenvalue weighted by atomic mass is 9.85. The molecule has 4 amide bonds. The van der Waals surface area contributed by atoms with Crippen molar-refractivity contribution in [1.82, 2.24) is 30.8 Å². The predicted molar refractivity (Wildman–Crippen MR) is 169 cm³/mol. The van der Waals surface area contributed by atoms with Gasteiger partial charge in [0.1, 0.15) is 30.3 Å². The molecule has 3 unspecified atom stereocenters. The molecule has 1 heterocycles. The van der Waals surface area contributed by atoms with Gasteiger partial charge < -0.3 is 30.6 Å². The van der Waals surface area contributed by atoms with E-state index in [1.54, 1.807) is 65.1 Å². The summed E-state index contributed by atoms with van der Waals surface area (Å²) in [5.41, 5.74) is -0.369. The quantitative estimate of drug-likeness (QED) is 0.249. The molecule has 2 aromatic rings. The van der Waals surface area contributed by atoms with E-state index in [2.05, 4.69) is 26.3 Å². The van der Waals surface area contributed by atoms with E-state index in [1.165, 1.54) is 6.92 Å². The van der Waals surface area contributed by atoms with Crippen molar-refractivity contribution in [1.29, 1.82) is 0 Å². The Morgan fingerprint density at radius 3 is 2.13 bits per heavy atom. The highest BCUT2D eigenvalue weighted by molar-refractivity contribution is 6.38. The third-order valence-corrected chi connectivity index (χ3v) is 7.97. The third kappa shape index (κ3) is 10.2. The lowest BCUT2D eigenvalue weighted by Gasteiger charge is -2.31. The number of amides is 4. The summed E-state index contributed by atoms with van der Waals surface area (Å²) in [6.07, 6.45) is 8.30. The Balaban J connectivity index is 1.58. The number of ketones is 1. The molecule has 45 heavy (non-hydrogen) atoms. The number of ether oxygens (including phenoxy) is 1. The first-order valence-electron chi connectivity index (χ1n) is 15.6. The van der Waals surface area contributed by atoms with Gasteiger partial charge in [-0.2, -0.15) is 0 Å². The number of aromatic nitrogens is 2. The first kappa shape index (κ1) is 35.3. The number of benzene rings is 1. The predicted octanol–water partition coefficient (Wildman–Crippen LogP) is 2.81. The minimum Gasteiger partial charge on any atom is -0.486 e. The van der Waals surface area contributed by atoms with Crippen molar-refractivity contribution in [2.45, 2.75) is 104 Å². The number of nitrogens with zero attached hydrogens (tertiary/aromatic N) is 2. The summed E-state index contributed by atoms with van der Waals surface area (Å²) in [5.74, 6) is -2.09. The molecular formula is C33H48N6O6. The molecule has 1 aromatic carbocycles. The zero-order valence-corrected chi connectivity index (χ0v) is 27.4. The molecule has 3 atom stereocenters. The molecular weight excluding hydrogens is 576 g/mol. The average Bonchev–Trinajstić information content (AvgIpc) is 3.41. The Bertz CT molecular complexity index is 1340. The molecule has 1 aliphatic carbocycles. The summed E-state index contributed by atoms with van der Waals surface area (Å²) in [6.45, 7) is 10.6. The molecule has 12 nitrogen and oxygen atoms in total. The summed E-state index contributed by atoms with van der Waals surface area (Å²) >= 11 is 0. The minimum absolute atomic E-state index is 0.0372. The van der Waals surface area contributed by atoms with Crippen LogP contribution in [0.2, 0.25) is 0 Å².